The summed E-state index contributed by atoms with van der Waals surface area (Å²) in [5, 5.41) is 13.3. The zero-order valence-electron chi connectivity index (χ0n) is 17.7. The summed E-state index contributed by atoms with van der Waals surface area (Å²) in [5.74, 6) is -0.405. The summed E-state index contributed by atoms with van der Waals surface area (Å²) in [6, 6.07) is 7.37. The number of ether oxygens (including phenoxy) is 2. The van der Waals surface area contributed by atoms with E-state index in [1.807, 2.05) is 9.80 Å². The first-order chi connectivity index (χ1) is 15.9. The number of piperazine rings is 1. The minimum absolute atomic E-state index is 0.0819. The molecule has 1 aromatic heterocycles. The van der Waals surface area contributed by atoms with Gasteiger partial charge in [-0.25, -0.2) is 14.0 Å². The van der Waals surface area contributed by atoms with Gasteiger partial charge in [0.15, 0.2) is 0 Å². The maximum atomic E-state index is 14.9. The normalized spacial score (nSPS) is 18.3. The fraction of sp³-hybridized carbons (Fsp3) is 0.400. The number of amides is 2. The van der Waals surface area contributed by atoms with Gasteiger partial charge in [0.2, 0.25) is 5.88 Å². The molecule has 3 heterocycles. The van der Waals surface area contributed by atoms with Crippen LogP contribution in [0.3, 0.4) is 0 Å². The molecule has 0 radical (unpaired) electrons. The highest BCUT2D eigenvalue weighted by Gasteiger charge is 2.33. The Morgan fingerprint density at radius 3 is 2.61 bits per heavy atom. The number of alkyl carbamates (subject to hydrolysis) is 1. The van der Waals surface area contributed by atoms with Crippen molar-refractivity contribution in [2.75, 3.05) is 61.1 Å². The number of rotatable bonds is 6. The van der Waals surface area contributed by atoms with E-state index >= 15 is 0 Å². The second-order valence-electron chi connectivity index (χ2n) is 7.47. The van der Waals surface area contributed by atoms with Crippen LogP contribution >= 0.6 is 0 Å². The van der Waals surface area contributed by atoms with Gasteiger partial charge in [0, 0.05) is 32.2 Å². The molecule has 12 nitrogen and oxygen atoms in total. The highest BCUT2D eigenvalue weighted by Crippen LogP contribution is 2.30. The molecule has 0 aliphatic carbocycles. The second kappa shape index (κ2) is 9.22. The molecule has 4 rings (SSSR count). The minimum Gasteiger partial charge on any atom is -0.453 e. The molecule has 1 N–H and O–H groups in total. The van der Waals surface area contributed by atoms with Crippen LogP contribution in [-0.2, 0) is 9.47 Å². The Kier molecular flexibility index (Phi) is 6.20. The van der Waals surface area contributed by atoms with Gasteiger partial charge in [-0.2, -0.15) is 0 Å². The molecule has 1 aromatic carbocycles. The number of furan rings is 1. The maximum Gasteiger partial charge on any atom is 0.434 e. The van der Waals surface area contributed by atoms with E-state index in [-0.39, 0.29) is 19.0 Å². The van der Waals surface area contributed by atoms with E-state index in [9.17, 15) is 24.1 Å². The van der Waals surface area contributed by atoms with Crippen LogP contribution in [0.1, 0.15) is 0 Å². The molecule has 1 atom stereocenters. The van der Waals surface area contributed by atoms with Crippen molar-refractivity contribution in [2.45, 2.75) is 6.10 Å². The highest BCUT2D eigenvalue weighted by molar-refractivity contribution is 5.90. The third-order valence-corrected chi connectivity index (χ3v) is 5.47. The lowest BCUT2D eigenvalue weighted by Crippen LogP contribution is -2.46. The summed E-state index contributed by atoms with van der Waals surface area (Å²) in [6.07, 6.45) is -1.84. The molecular formula is C20H22FN5O7. The molecular weight excluding hydrogens is 441 g/mol. The van der Waals surface area contributed by atoms with E-state index in [4.69, 9.17) is 9.15 Å². The molecule has 0 unspecified atom stereocenters. The van der Waals surface area contributed by atoms with Gasteiger partial charge in [0.05, 0.1) is 37.6 Å². The lowest BCUT2D eigenvalue weighted by Gasteiger charge is -2.36. The average Bonchev–Trinajstić information content (AvgIpc) is 3.45. The third-order valence-electron chi connectivity index (χ3n) is 5.47. The summed E-state index contributed by atoms with van der Waals surface area (Å²) in [7, 11) is 1.23. The van der Waals surface area contributed by atoms with E-state index in [2.05, 4.69) is 10.1 Å². The van der Waals surface area contributed by atoms with Gasteiger partial charge in [-0.15, -0.1) is 0 Å². The number of carbonyl (C=O) groups is 2. The molecule has 2 aromatic rings. The lowest BCUT2D eigenvalue weighted by atomic mass is 10.2. The number of halogens is 1. The fourth-order valence-electron chi connectivity index (χ4n) is 3.78. The van der Waals surface area contributed by atoms with E-state index in [1.165, 1.54) is 24.1 Å². The Hall–Kier alpha value is -4.03. The van der Waals surface area contributed by atoms with Gasteiger partial charge in [0.25, 0.3) is 0 Å². The Labute approximate surface area is 187 Å². The number of cyclic esters (lactones) is 1. The Morgan fingerprint density at radius 2 is 1.97 bits per heavy atom. The van der Waals surface area contributed by atoms with Crippen LogP contribution in [0.5, 0.6) is 0 Å². The summed E-state index contributed by atoms with van der Waals surface area (Å²) < 4.78 is 29.8. The molecule has 2 amide bonds. The van der Waals surface area contributed by atoms with Crippen molar-refractivity contribution in [3.05, 3.63) is 46.3 Å². The van der Waals surface area contributed by atoms with Crippen LogP contribution in [0.15, 0.2) is 34.7 Å². The molecule has 2 aliphatic heterocycles. The summed E-state index contributed by atoms with van der Waals surface area (Å²) in [5.41, 5.74) is 0.739. The molecule has 176 valence electrons. The average molecular weight is 463 g/mol. The summed E-state index contributed by atoms with van der Waals surface area (Å²) in [4.78, 5) is 38.6. The Balaban J connectivity index is 1.36. The lowest BCUT2D eigenvalue weighted by molar-refractivity contribution is -0.401. The predicted molar refractivity (Wildman–Crippen MR) is 114 cm³/mol. The number of nitro groups is 1. The summed E-state index contributed by atoms with van der Waals surface area (Å²) in [6.45, 7) is 2.21. The molecule has 2 saturated heterocycles. The molecule has 13 heteroatoms. The number of hydrogen-bond acceptors (Lipinski definition) is 9. The van der Waals surface area contributed by atoms with Gasteiger partial charge >= 0.3 is 18.1 Å². The van der Waals surface area contributed by atoms with E-state index in [0.29, 0.717) is 43.4 Å². The van der Waals surface area contributed by atoms with Gasteiger partial charge in [0.1, 0.15) is 16.8 Å². The van der Waals surface area contributed by atoms with Crippen LogP contribution in [0.2, 0.25) is 0 Å². The molecule has 2 fully saturated rings. The number of nitrogens with one attached hydrogen (secondary N) is 1. The fourth-order valence-corrected chi connectivity index (χ4v) is 3.78. The van der Waals surface area contributed by atoms with Crippen molar-refractivity contribution in [1.29, 1.82) is 0 Å². The number of methoxy groups -OCH3 is 1. The van der Waals surface area contributed by atoms with Crippen molar-refractivity contribution in [1.82, 2.24) is 5.32 Å². The van der Waals surface area contributed by atoms with E-state index < -0.39 is 29.0 Å². The van der Waals surface area contributed by atoms with Crippen molar-refractivity contribution < 1.29 is 32.8 Å². The van der Waals surface area contributed by atoms with Gasteiger partial charge in [-0.3, -0.25) is 15.0 Å². The van der Waals surface area contributed by atoms with Crippen molar-refractivity contribution in [3.8, 4) is 0 Å². The summed E-state index contributed by atoms with van der Waals surface area (Å²) >= 11 is 0. The predicted octanol–water partition coefficient (Wildman–Crippen LogP) is 2.33. The number of anilines is 3. The maximum absolute atomic E-state index is 14.9. The van der Waals surface area contributed by atoms with E-state index in [0.717, 1.165) is 0 Å². The first kappa shape index (κ1) is 22.2. The number of hydrogen-bond donors (Lipinski definition) is 1. The van der Waals surface area contributed by atoms with Crippen LogP contribution in [0.25, 0.3) is 0 Å². The first-order valence-corrected chi connectivity index (χ1v) is 10.2. The van der Waals surface area contributed by atoms with Gasteiger partial charge in [-0.05, 0) is 18.2 Å². The van der Waals surface area contributed by atoms with Crippen LogP contribution < -0.4 is 20.0 Å². The molecule has 33 heavy (non-hydrogen) atoms. The van der Waals surface area contributed by atoms with Gasteiger partial charge < -0.3 is 29.0 Å². The Bertz CT molecular complexity index is 1050. The van der Waals surface area contributed by atoms with Gasteiger partial charge in [-0.1, -0.05) is 0 Å². The number of nitrogens with zero attached hydrogens (tertiary/aromatic N) is 4. The Morgan fingerprint density at radius 1 is 1.24 bits per heavy atom. The highest BCUT2D eigenvalue weighted by atomic mass is 19.1. The topological polar surface area (TPSA) is 131 Å². The monoisotopic (exact) mass is 463 g/mol. The van der Waals surface area contributed by atoms with Crippen LogP contribution in [0.4, 0.5) is 37.1 Å². The zero-order valence-corrected chi connectivity index (χ0v) is 17.7. The van der Waals surface area contributed by atoms with Crippen molar-refractivity contribution in [2.24, 2.45) is 0 Å². The third kappa shape index (κ3) is 4.76. The van der Waals surface area contributed by atoms with Crippen LogP contribution in [0, 0.1) is 15.9 Å². The van der Waals surface area contributed by atoms with Crippen LogP contribution in [-0.4, -0.2) is 69.6 Å². The zero-order chi connectivity index (χ0) is 23.5. The molecule has 2 aliphatic rings. The molecule has 0 spiro atoms. The number of carbonyl (C=O) groups excluding carboxylic acids is 2. The first-order valence-electron chi connectivity index (χ1n) is 10.2. The van der Waals surface area contributed by atoms with E-state index in [1.54, 1.807) is 18.2 Å². The van der Waals surface area contributed by atoms with Crippen molar-refractivity contribution >= 4 is 35.3 Å². The standard InChI is InChI=1S/C20H22FN5O7/c1-31-19(27)22-11-14-12-25(20(28)32-14)13-2-3-16(15(21)10-13)23-6-8-24(9-7-23)17-4-5-18(33-17)26(29)30/h2-5,10,14H,6-9,11-12H2,1H3,(H,22,27)/t14-/m0/s1. The smallest absolute Gasteiger partial charge is 0.434 e. The second-order valence-corrected chi connectivity index (χ2v) is 7.47. The molecule has 0 saturated carbocycles. The number of benzene rings is 1. The van der Waals surface area contributed by atoms with Crippen molar-refractivity contribution in [3.63, 3.8) is 0 Å². The minimum atomic E-state index is -0.634. The quantitative estimate of drug-likeness (QED) is 0.506. The molecule has 0 bridgehead atoms. The SMILES string of the molecule is COC(=O)NC[C@H]1CN(c2ccc(N3CCN(c4ccc([N+](=O)[O-])o4)CC3)c(F)c2)C(=O)O1. The largest absolute Gasteiger partial charge is 0.453 e.